The van der Waals surface area contributed by atoms with Gasteiger partial charge < -0.3 is 9.47 Å². The molecule has 5 heteroatoms. The summed E-state index contributed by atoms with van der Waals surface area (Å²) >= 11 is 0. The van der Waals surface area contributed by atoms with E-state index in [-0.39, 0.29) is 12.0 Å². The number of nitrogens with one attached hydrogen (secondary N) is 1. The Morgan fingerprint density at radius 3 is 2.88 bits per heavy atom. The van der Waals surface area contributed by atoms with E-state index >= 15 is 0 Å². The minimum absolute atomic E-state index is 0.0440. The maximum Gasteiger partial charge on any atom is 0.263 e. The van der Waals surface area contributed by atoms with Crippen LogP contribution in [-0.2, 0) is 9.53 Å². The Morgan fingerprint density at radius 1 is 1.41 bits per heavy atom. The molecule has 1 aliphatic rings. The number of benzene rings is 1. The van der Waals surface area contributed by atoms with Gasteiger partial charge in [0.15, 0.2) is 0 Å². The molecule has 1 aliphatic heterocycles. The monoisotopic (exact) mass is 236 g/mol. The minimum atomic E-state index is -0.440. The van der Waals surface area contributed by atoms with Crippen LogP contribution in [0.15, 0.2) is 30.3 Å². The maximum absolute atomic E-state index is 11.2. The highest BCUT2D eigenvalue weighted by Gasteiger charge is 2.30. The number of hydrazine groups is 1. The number of amides is 1. The minimum Gasteiger partial charge on any atom is -0.491 e. The molecule has 0 spiro atoms. The van der Waals surface area contributed by atoms with Gasteiger partial charge in [-0.15, -0.1) is 0 Å². The molecule has 0 aliphatic carbocycles. The number of rotatable bonds is 4. The molecular formula is C12H16N2O3. The number of nitrogens with two attached hydrogens (primary N) is 1. The lowest BCUT2D eigenvalue weighted by Gasteiger charge is -2.13. The first-order valence-electron chi connectivity index (χ1n) is 5.63. The first kappa shape index (κ1) is 11.9. The molecule has 2 unspecified atom stereocenters. The van der Waals surface area contributed by atoms with Crippen molar-refractivity contribution in [2.75, 3.05) is 6.61 Å². The molecule has 1 amide bonds. The largest absolute Gasteiger partial charge is 0.491 e. The van der Waals surface area contributed by atoms with Gasteiger partial charge in [0.25, 0.3) is 5.91 Å². The van der Waals surface area contributed by atoms with Gasteiger partial charge in [-0.25, -0.2) is 5.84 Å². The Morgan fingerprint density at radius 2 is 2.18 bits per heavy atom. The van der Waals surface area contributed by atoms with E-state index in [1.807, 2.05) is 30.3 Å². The predicted octanol–water partition coefficient (Wildman–Crippen LogP) is 0.603. The van der Waals surface area contributed by atoms with Crippen molar-refractivity contribution in [1.82, 2.24) is 5.43 Å². The third-order valence-corrected chi connectivity index (χ3v) is 2.72. The van der Waals surface area contributed by atoms with Crippen molar-refractivity contribution in [3.63, 3.8) is 0 Å². The summed E-state index contributed by atoms with van der Waals surface area (Å²) in [6.45, 7) is 0.457. The van der Waals surface area contributed by atoms with Crippen LogP contribution in [-0.4, -0.2) is 24.7 Å². The number of para-hydroxylation sites is 1. The van der Waals surface area contributed by atoms with Gasteiger partial charge in [0.1, 0.15) is 18.5 Å². The first-order valence-corrected chi connectivity index (χ1v) is 5.63. The second-order valence-corrected chi connectivity index (χ2v) is 3.96. The number of carbonyl (C=O) groups excluding carboxylic acids is 1. The Balaban J connectivity index is 1.77. The summed E-state index contributed by atoms with van der Waals surface area (Å²) in [4.78, 5) is 11.2. The molecule has 0 saturated carbocycles. The van der Waals surface area contributed by atoms with Crippen LogP contribution < -0.4 is 16.0 Å². The summed E-state index contributed by atoms with van der Waals surface area (Å²) in [7, 11) is 0. The summed E-state index contributed by atoms with van der Waals surface area (Å²) in [6, 6.07) is 9.53. The van der Waals surface area contributed by atoms with E-state index < -0.39 is 6.10 Å². The Hall–Kier alpha value is -1.59. The lowest BCUT2D eigenvalue weighted by atomic mass is 10.2. The van der Waals surface area contributed by atoms with E-state index in [9.17, 15) is 4.79 Å². The quantitative estimate of drug-likeness (QED) is 0.456. The number of carbonyl (C=O) groups is 1. The van der Waals surface area contributed by atoms with Crippen LogP contribution in [0.5, 0.6) is 5.75 Å². The molecular weight excluding hydrogens is 220 g/mol. The fourth-order valence-electron chi connectivity index (χ4n) is 1.82. The molecule has 2 rings (SSSR count). The molecule has 0 bridgehead atoms. The molecule has 17 heavy (non-hydrogen) atoms. The average molecular weight is 236 g/mol. The predicted molar refractivity (Wildman–Crippen MR) is 62.2 cm³/mol. The molecule has 0 aromatic heterocycles. The molecule has 3 N–H and O–H groups in total. The smallest absolute Gasteiger partial charge is 0.263 e. The summed E-state index contributed by atoms with van der Waals surface area (Å²) in [5.41, 5.74) is 2.10. The van der Waals surface area contributed by atoms with Crippen molar-refractivity contribution < 1.29 is 14.3 Å². The van der Waals surface area contributed by atoms with Gasteiger partial charge in [-0.1, -0.05) is 18.2 Å². The van der Waals surface area contributed by atoms with Gasteiger partial charge in [-0.3, -0.25) is 10.2 Å². The number of hydrogen-bond donors (Lipinski definition) is 2. The van der Waals surface area contributed by atoms with E-state index in [2.05, 4.69) is 5.43 Å². The van der Waals surface area contributed by atoms with Crippen LogP contribution in [0, 0.1) is 0 Å². The molecule has 1 aromatic carbocycles. The van der Waals surface area contributed by atoms with E-state index in [1.165, 1.54) is 0 Å². The van der Waals surface area contributed by atoms with E-state index in [1.54, 1.807) is 0 Å². The van der Waals surface area contributed by atoms with E-state index in [0.29, 0.717) is 13.0 Å². The normalized spacial score (nSPS) is 23.4. The third-order valence-electron chi connectivity index (χ3n) is 2.72. The van der Waals surface area contributed by atoms with Crippen molar-refractivity contribution >= 4 is 5.91 Å². The fourth-order valence-corrected chi connectivity index (χ4v) is 1.82. The molecule has 1 heterocycles. The topological polar surface area (TPSA) is 73.6 Å². The lowest BCUT2D eigenvalue weighted by Crippen LogP contribution is -2.39. The second kappa shape index (κ2) is 5.65. The summed E-state index contributed by atoms with van der Waals surface area (Å²) in [6.07, 6.45) is 1.01. The molecule has 1 fully saturated rings. The van der Waals surface area contributed by atoms with Crippen LogP contribution in [0.1, 0.15) is 12.8 Å². The lowest BCUT2D eigenvalue weighted by molar-refractivity contribution is -0.132. The van der Waals surface area contributed by atoms with Gasteiger partial charge in [0.2, 0.25) is 0 Å². The van der Waals surface area contributed by atoms with Gasteiger partial charge in [0, 0.05) is 0 Å². The maximum atomic E-state index is 11.2. The summed E-state index contributed by atoms with van der Waals surface area (Å²) in [5.74, 6) is 5.59. The van der Waals surface area contributed by atoms with Crippen LogP contribution in [0.4, 0.5) is 0 Å². The van der Waals surface area contributed by atoms with Crippen molar-refractivity contribution in [2.24, 2.45) is 5.84 Å². The molecule has 92 valence electrons. The van der Waals surface area contributed by atoms with E-state index in [4.69, 9.17) is 15.3 Å². The van der Waals surface area contributed by atoms with Crippen LogP contribution in [0.2, 0.25) is 0 Å². The standard InChI is InChI=1S/C12H16N2O3/c13-14-12(15)11-7-6-10(17-11)8-16-9-4-2-1-3-5-9/h1-5,10-11H,6-8,13H2,(H,14,15). The Bertz CT molecular complexity index is 369. The number of ether oxygens (including phenoxy) is 2. The molecule has 0 radical (unpaired) electrons. The average Bonchev–Trinajstić information content (AvgIpc) is 2.85. The summed E-state index contributed by atoms with van der Waals surface area (Å²) < 4.78 is 11.1. The van der Waals surface area contributed by atoms with Gasteiger partial charge in [-0.05, 0) is 25.0 Å². The van der Waals surface area contributed by atoms with Gasteiger partial charge >= 0.3 is 0 Å². The van der Waals surface area contributed by atoms with Gasteiger partial charge in [-0.2, -0.15) is 0 Å². The van der Waals surface area contributed by atoms with Gasteiger partial charge in [0.05, 0.1) is 6.10 Å². The highest BCUT2D eigenvalue weighted by molar-refractivity contribution is 5.80. The zero-order chi connectivity index (χ0) is 12.1. The SMILES string of the molecule is NNC(=O)C1CCC(COc2ccccc2)O1. The number of hydrogen-bond acceptors (Lipinski definition) is 4. The van der Waals surface area contributed by atoms with Crippen LogP contribution in [0.3, 0.4) is 0 Å². The van der Waals surface area contributed by atoms with E-state index in [0.717, 1.165) is 12.2 Å². The van der Waals surface area contributed by atoms with Crippen molar-refractivity contribution in [1.29, 1.82) is 0 Å². The van der Waals surface area contributed by atoms with Crippen molar-refractivity contribution in [2.45, 2.75) is 25.0 Å². The van der Waals surface area contributed by atoms with Crippen LogP contribution >= 0.6 is 0 Å². The molecule has 1 aromatic rings. The molecule has 1 saturated heterocycles. The Labute approximate surface area is 99.9 Å². The van der Waals surface area contributed by atoms with Crippen LogP contribution in [0.25, 0.3) is 0 Å². The second-order valence-electron chi connectivity index (χ2n) is 3.96. The molecule has 2 atom stereocenters. The third kappa shape index (κ3) is 3.18. The molecule has 5 nitrogen and oxygen atoms in total. The van der Waals surface area contributed by atoms with Crippen molar-refractivity contribution in [3.8, 4) is 5.75 Å². The highest BCUT2D eigenvalue weighted by atomic mass is 16.5. The Kier molecular flexibility index (Phi) is 3.95. The summed E-state index contributed by atoms with van der Waals surface area (Å²) in [5, 5.41) is 0. The van der Waals surface area contributed by atoms with Crippen molar-refractivity contribution in [3.05, 3.63) is 30.3 Å². The highest BCUT2D eigenvalue weighted by Crippen LogP contribution is 2.20. The zero-order valence-corrected chi connectivity index (χ0v) is 9.46. The zero-order valence-electron chi connectivity index (χ0n) is 9.46. The fraction of sp³-hybridized carbons (Fsp3) is 0.417. The first-order chi connectivity index (χ1) is 8.29.